The largest absolute Gasteiger partial charge is 0.0888 e. The van der Waals surface area contributed by atoms with Crippen LogP contribution in [0, 0.1) is 0 Å². The van der Waals surface area contributed by atoms with Gasteiger partial charge in [-0.2, -0.15) is 0 Å². The molecule has 10 rings (SSSR count). The Bertz CT molecular complexity index is 2650. The molecule has 1 aliphatic rings. The van der Waals surface area contributed by atoms with Crippen LogP contribution >= 0.6 is 11.8 Å². The van der Waals surface area contributed by atoms with E-state index >= 15 is 0 Å². The summed E-state index contributed by atoms with van der Waals surface area (Å²) in [5, 5.41) is 10.3. The Labute approximate surface area is 278 Å². The van der Waals surface area contributed by atoms with Gasteiger partial charge in [-0.25, -0.2) is 0 Å². The van der Waals surface area contributed by atoms with Gasteiger partial charge in [0.1, 0.15) is 0 Å². The molecule has 9 aromatic rings. The number of hydrogen-bond acceptors (Lipinski definition) is 1. The van der Waals surface area contributed by atoms with Crippen molar-refractivity contribution in [3.8, 4) is 44.5 Å². The molecule has 218 valence electrons. The highest BCUT2D eigenvalue weighted by atomic mass is 32.2. The fourth-order valence-electron chi connectivity index (χ4n) is 7.69. The van der Waals surface area contributed by atoms with E-state index in [1.54, 1.807) is 0 Å². The molecular formula is C46H28S. The van der Waals surface area contributed by atoms with Crippen LogP contribution in [0.3, 0.4) is 0 Å². The molecule has 1 heteroatoms. The Balaban J connectivity index is 1.18. The predicted octanol–water partition coefficient (Wildman–Crippen LogP) is 13.4. The second kappa shape index (κ2) is 10.5. The van der Waals surface area contributed by atoms with Crippen molar-refractivity contribution in [1.29, 1.82) is 0 Å². The zero-order valence-corrected chi connectivity index (χ0v) is 26.4. The Morgan fingerprint density at radius 2 is 0.851 bits per heavy atom. The van der Waals surface area contributed by atoms with Gasteiger partial charge in [0.15, 0.2) is 0 Å². The minimum absolute atomic E-state index is 1.23. The van der Waals surface area contributed by atoms with Gasteiger partial charge in [0.25, 0.3) is 0 Å². The Morgan fingerprint density at radius 3 is 1.60 bits per heavy atom. The molecule has 0 spiro atoms. The normalized spacial score (nSPS) is 12.2. The van der Waals surface area contributed by atoms with Gasteiger partial charge in [-0.05, 0) is 106 Å². The standard InChI is InChI=1S/C46H28S/c1-2-11-31-26-33(23-22-29(31)10-1)32-14-7-15-34(27-32)44-38-16-3-5-18-40(38)45(41-19-6-4-17-39(41)44)35-24-25-36-37-20-8-12-30-13-9-21-42(46(30)37)47-43(36)28-35/h1-28H. The molecular weight excluding hydrogens is 585 g/mol. The van der Waals surface area contributed by atoms with Gasteiger partial charge in [0.05, 0.1) is 0 Å². The zero-order chi connectivity index (χ0) is 30.9. The van der Waals surface area contributed by atoms with Gasteiger partial charge in [-0.1, -0.05) is 157 Å². The quantitative estimate of drug-likeness (QED) is 0.179. The molecule has 1 heterocycles. The highest BCUT2D eigenvalue weighted by Gasteiger charge is 2.22. The van der Waals surface area contributed by atoms with Crippen molar-refractivity contribution in [1.82, 2.24) is 0 Å². The van der Waals surface area contributed by atoms with Gasteiger partial charge in [0, 0.05) is 15.2 Å². The average Bonchev–Trinajstić information content (AvgIpc) is 3.13. The first-order valence-electron chi connectivity index (χ1n) is 16.2. The first-order chi connectivity index (χ1) is 23.3. The fraction of sp³-hybridized carbons (Fsp3) is 0. The van der Waals surface area contributed by atoms with Crippen LogP contribution in [-0.2, 0) is 0 Å². The lowest BCUT2D eigenvalue weighted by Gasteiger charge is -2.22. The van der Waals surface area contributed by atoms with Crippen molar-refractivity contribution in [3.05, 3.63) is 170 Å². The van der Waals surface area contributed by atoms with Gasteiger partial charge >= 0.3 is 0 Å². The van der Waals surface area contributed by atoms with Crippen LogP contribution in [-0.4, -0.2) is 0 Å². The van der Waals surface area contributed by atoms with Gasteiger partial charge in [-0.15, -0.1) is 0 Å². The number of benzene rings is 9. The molecule has 0 aliphatic carbocycles. The molecule has 0 nitrogen and oxygen atoms in total. The second-order valence-electron chi connectivity index (χ2n) is 12.5. The lowest BCUT2D eigenvalue weighted by molar-refractivity contribution is 1.40. The van der Waals surface area contributed by atoms with Crippen LogP contribution in [0.1, 0.15) is 0 Å². The molecule has 0 aromatic heterocycles. The van der Waals surface area contributed by atoms with E-state index in [0.717, 1.165) is 0 Å². The van der Waals surface area contributed by atoms with Crippen LogP contribution in [0.4, 0.5) is 0 Å². The van der Waals surface area contributed by atoms with Crippen LogP contribution in [0.2, 0.25) is 0 Å². The molecule has 0 unspecified atom stereocenters. The topological polar surface area (TPSA) is 0 Å². The summed E-state index contributed by atoms with van der Waals surface area (Å²) in [5.41, 5.74) is 10.2. The van der Waals surface area contributed by atoms with Crippen molar-refractivity contribution >= 4 is 54.9 Å². The van der Waals surface area contributed by atoms with E-state index in [1.807, 2.05) is 11.8 Å². The Kier molecular flexibility index (Phi) is 5.91. The summed E-state index contributed by atoms with van der Waals surface area (Å²) in [6.07, 6.45) is 0. The maximum absolute atomic E-state index is 2.42. The number of hydrogen-bond donors (Lipinski definition) is 0. The van der Waals surface area contributed by atoms with E-state index in [4.69, 9.17) is 0 Å². The summed E-state index contributed by atoms with van der Waals surface area (Å²) < 4.78 is 0. The SMILES string of the molecule is c1cc(-c2ccc3ccccc3c2)cc(-c2c3ccccc3c(-c3ccc4c(c3)Sc3cccc5cccc-4c35)c3ccccc23)c1. The summed E-state index contributed by atoms with van der Waals surface area (Å²) >= 11 is 1.89. The molecule has 0 amide bonds. The highest BCUT2D eigenvalue weighted by Crippen LogP contribution is 2.50. The Hall–Kier alpha value is -5.63. The minimum atomic E-state index is 1.23. The van der Waals surface area contributed by atoms with Gasteiger partial charge in [-0.3, -0.25) is 0 Å². The van der Waals surface area contributed by atoms with E-state index in [1.165, 1.54) is 97.4 Å². The maximum Gasteiger partial charge on any atom is 0.0207 e. The molecule has 0 fully saturated rings. The van der Waals surface area contributed by atoms with Crippen molar-refractivity contribution in [2.24, 2.45) is 0 Å². The Morgan fingerprint density at radius 1 is 0.298 bits per heavy atom. The van der Waals surface area contributed by atoms with Crippen molar-refractivity contribution in [3.63, 3.8) is 0 Å². The smallest absolute Gasteiger partial charge is 0.0207 e. The summed E-state index contributed by atoms with van der Waals surface area (Å²) in [5.74, 6) is 0. The third-order valence-corrected chi connectivity index (χ3v) is 10.9. The van der Waals surface area contributed by atoms with E-state index in [2.05, 4.69) is 170 Å². The summed E-state index contributed by atoms with van der Waals surface area (Å²) in [6.45, 7) is 0. The van der Waals surface area contributed by atoms with Crippen molar-refractivity contribution < 1.29 is 0 Å². The molecule has 0 saturated heterocycles. The fourth-order valence-corrected chi connectivity index (χ4v) is 8.88. The molecule has 1 aliphatic heterocycles. The second-order valence-corrected chi connectivity index (χ2v) is 13.5. The van der Waals surface area contributed by atoms with Crippen LogP contribution < -0.4 is 0 Å². The third kappa shape index (κ3) is 4.17. The van der Waals surface area contributed by atoms with Crippen molar-refractivity contribution in [2.45, 2.75) is 9.79 Å². The summed E-state index contributed by atoms with van der Waals surface area (Å²) in [4.78, 5) is 2.65. The number of rotatable bonds is 3. The first kappa shape index (κ1) is 26.6. The molecule has 0 bridgehead atoms. The molecule has 9 aromatic carbocycles. The van der Waals surface area contributed by atoms with Gasteiger partial charge in [0.2, 0.25) is 0 Å². The number of fused-ring (bicyclic) bond motifs is 5. The van der Waals surface area contributed by atoms with Crippen molar-refractivity contribution in [2.75, 3.05) is 0 Å². The minimum Gasteiger partial charge on any atom is -0.0888 e. The highest BCUT2D eigenvalue weighted by molar-refractivity contribution is 7.99. The summed E-state index contributed by atoms with van der Waals surface area (Å²) in [7, 11) is 0. The van der Waals surface area contributed by atoms with E-state index in [0.29, 0.717) is 0 Å². The lowest BCUT2D eigenvalue weighted by atomic mass is 9.85. The molecule has 0 N–H and O–H groups in total. The molecule has 47 heavy (non-hydrogen) atoms. The van der Waals surface area contributed by atoms with E-state index in [-0.39, 0.29) is 0 Å². The third-order valence-electron chi connectivity index (χ3n) is 9.81. The zero-order valence-electron chi connectivity index (χ0n) is 25.6. The maximum atomic E-state index is 2.42. The molecule has 0 saturated carbocycles. The molecule has 0 radical (unpaired) electrons. The first-order valence-corrected chi connectivity index (χ1v) is 17.0. The van der Waals surface area contributed by atoms with E-state index in [9.17, 15) is 0 Å². The van der Waals surface area contributed by atoms with E-state index < -0.39 is 0 Å². The average molecular weight is 613 g/mol. The van der Waals surface area contributed by atoms with Crippen LogP contribution in [0.5, 0.6) is 0 Å². The predicted molar refractivity (Wildman–Crippen MR) is 202 cm³/mol. The summed E-state index contributed by atoms with van der Waals surface area (Å²) in [6, 6.07) is 62.8. The lowest BCUT2D eigenvalue weighted by Crippen LogP contribution is -1.95. The van der Waals surface area contributed by atoms with Gasteiger partial charge < -0.3 is 0 Å². The monoisotopic (exact) mass is 612 g/mol. The van der Waals surface area contributed by atoms with Crippen LogP contribution in [0.25, 0.3) is 87.6 Å². The molecule has 0 atom stereocenters. The van der Waals surface area contributed by atoms with Crippen LogP contribution in [0.15, 0.2) is 180 Å².